The predicted molar refractivity (Wildman–Crippen MR) is 84.2 cm³/mol. The van der Waals surface area contributed by atoms with E-state index in [-0.39, 0.29) is 12.6 Å². The summed E-state index contributed by atoms with van der Waals surface area (Å²) in [6.07, 6.45) is 0.765. The van der Waals surface area contributed by atoms with Crippen molar-refractivity contribution in [3.8, 4) is 17.6 Å². The van der Waals surface area contributed by atoms with E-state index in [1.807, 2.05) is 19.9 Å². The predicted octanol–water partition coefficient (Wildman–Crippen LogP) is 1.96. The van der Waals surface area contributed by atoms with Gasteiger partial charge in [0.05, 0.1) is 18.2 Å². The van der Waals surface area contributed by atoms with Gasteiger partial charge in [-0.3, -0.25) is 10.1 Å². The van der Waals surface area contributed by atoms with Gasteiger partial charge in [0.1, 0.15) is 0 Å². The largest absolute Gasteiger partial charge is 0.490 e. The second-order valence-corrected chi connectivity index (χ2v) is 4.83. The molecule has 0 aliphatic carbocycles. The molecule has 0 aliphatic rings. The summed E-state index contributed by atoms with van der Waals surface area (Å²) < 4.78 is 10.7. The third-order valence-electron chi connectivity index (χ3n) is 2.97. The van der Waals surface area contributed by atoms with E-state index in [0.29, 0.717) is 23.7 Å². The van der Waals surface area contributed by atoms with Crippen molar-refractivity contribution in [1.82, 2.24) is 10.6 Å². The van der Waals surface area contributed by atoms with Crippen LogP contribution in [0.1, 0.15) is 32.8 Å². The van der Waals surface area contributed by atoms with E-state index < -0.39 is 11.9 Å². The van der Waals surface area contributed by atoms with Crippen LogP contribution in [-0.2, 0) is 4.79 Å². The number of carbonyl (C=O) groups is 2. The summed E-state index contributed by atoms with van der Waals surface area (Å²) in [5, 5.41) is 13.7. The van der Waals surface area contributed by atoms with Crippen LogP contribution in [0.3, 0.4) is 0 Å². The Bertz CT molecular complexity index is 595. The average Bonchev–Trinajstić information content (AvgIpc) is 2.53. The molecular formula is C16H21N3O4. The van der Waals surface area contributed by atoms with Crippen molar-refractivity contribution in [2.24, 2.45) is 0 Å². The molecule has 1 aromatic carbocycles. The lowest BCUT2D eigenvalue weighted by Crippen LogP contribution is -2.44. The van der Waals surface area contributed by atoms with Crippen molar-refractivity contribution in [1.29, 1.82) is 5.26 Å². The number of nitriles is 1. The molecule has 0 unspecified atom stereocenters. The van der Waals surface area contributed by atoms with E-state index in [1.165, 1.54) is 6.07 Å². The molecule has 0 bridgehead atoms. The normalized spacial score (nSPS) is 11.0. The second-order valence-electron chi connectivity index (χ2n) is 4.83. The van der Waals surface area contributed by atoms with Crippen LogP contribution in [0.5, 0.6) is 11.5 Å². The molecular weight excluding hydrogens is 298 g/mol. The van der Waals surface area contributed by atoms with Crippen LogP contribution in [0.25, 0.3) is 0 Å². The Balaban J connectivity index is 2.59. The van der Waals surface area contributed by atoms with Crippen molar-refractivity contribution in [2.45, 2.75) is 33.2 Å². The molecule has 0 saturated heterocycles. The zero-order valence-corrected chi connectivity index (χ0v) is 13.5. The summed E-state index contributed by atoms with van der Waals surface area (Å²) in [6, 6.07) is 6.07. The zero-order valence-electron chi connectivity index (χ0n) is 13.5. The highest BCUT2D eigenvalue weighted by atomic mass is 16.5. The highest BCUT2D eigenvalue weighted by Gasteiger charge is 2.12. The van der Waals surface area contributed by atoms with Gasteiger partial charge in [-0.1, -0.05) is 6.92 Å². The van der Waals surface area contributed by atoms with Crippen molar-refractivity contribution in [3.63, 3.8) is 0 Å². The highest BCUT2D eigenvalue weighted by molar-refractivity contribution is 5.95. The Hall–Kier alpha value is -2.75. The molecule has 0 aromatic heterocycles. The van der Waals surface area contributed by atoms with Crippen LogP contribution in [0, 0.1) is 11.3 Å². The Labute approximate surface area is 135 Å². The van der Waals surface area contributed by atoms with Crippen LogP contribution in [-0.4, -0.2) is 31.2 Å². The first-order chi connectivity index (χ1) is 11.0. The number of nitrogens with one attached hydrogen (secondary N) is 2. The summed E-state index contributed by atoms with van der Waals surface area (Å²) in [5.74, 6) is 0.143. The number of nitrogens with zero attached hydrogens (tertiary/aromatic N) is 1. The van der Waals surface area contributed by atoms with Gasteiger partial charge in [0.2, 0.25) is 0 Å². The average molecular weight is 319 g/mol. The monoisotopic (exact) mass is 319 g/mol. The van der Waals surface area contributed by atoms with Gasteiger partial charge in [0.15, 0.2) is 18.1 Å². The standard InChI is InChI=1S/C16H21N3O4/c1-4-11(3)18-16(21)19-15(20)10-23-13-7-6-12(9-17)8-14(13)22-5-2/h6-8,11H,4-5,10H2,1-3H3,(H2,18,19,20,21)/t11-/m1/s1. The first-order valence-corrected chi connectivity index (χ1v) is 7.40. The molecule has 1 atom stereocenters. The smallest absolute Gasteiger partial charge is 0.321 e. The van der Waals surface area contributed by atoms with Gasteiger partial charge in [-0.25, -0.2) is 4.79 Å². The Morgan fingerprint density at radius 3 is 2.61 bits per heavy atom. The molecule has 0 heterocycles. The minimum atomic E-state index is -0.572. The Morgan fingerprint density at radius 1 is 1.26 bits per heavy atom. The summed E-state index contributed by atoms with van der Waals surface area (Å²) in [7, 11) is 0. The van der Waals surface area contributed by atoms with E-state index >= 15 is 0 Å². The van der Waals surface area contributed by atoms with E-state index in [9.17, 15) is 9.59 Å². The van der Waals surface area contributed by atoms with Crippen molar-refractivity contribution < 1.29 is 19.1 Å². The maximum absolute atomic E-state index is 11.7. The van der Waals surface area contributed by atoms with Crippen LogP contribution < -0.4 is 20.1 Å². The van der Waals surface area contributed by atoms with Gasteiger partial charge in [-0.2, -0.15) is 5.26 Å². The minimum Gasteiger partial charge on any atom is -0.490 e. The molecule has 7 nitrogen and oxygen atoms in total. The van der Waals surface area contributed by atoms with Gasteiger partial charge >= 0.3 is 6.03 Å². The molecule has 0 fully saturated rings. The molecule has 0 radical (unpaired) electrons. The fourth-order valence-corrected chi connectivity index (χ4v) is 1.63. The van der Waals surface area contributed by atoms with Gasteiger partial charge in [0, 0.05) is 12.1 Å². The first-order valence-electron chi connectivity index (χ1n) is 7.40. The molecule has 0 aliphatic heterocycles. The van der Waals surface area contributed by atoms with E-state index in [4.69, 9.17) is 14.7 Å². The fraction of sp³-hybridized carbons (Fsp3) is 0.438. The maximum atomic E-state index is 11.7. The summed E-state index contributed by atoms with van der Waals surface area (Å²) in [6.45, 7) is 5.63. The van der Waals surface area contributed by atoms with Crippen LogP contribution in [0.4, 0.5) is 4.79 Å². The van der Waals surface area contributed by atoms with Crippen LogP contribution >= 0.6 is 0 Å². The number of ether oxygens (including phenoxy) is 2. The van der Waals surface area contributed by atoms with Crippen LogP contribution in [0.2, 0.25) is 0 Å². The topological polar surface area (TPSA) is 100 Å². The van der Waals surface area contributed by atoms with E-state index in [2.05, 4.69) is 10.6 Å². The fourth-order valence-electron chi connectivity index (χ4n) is 1.63. The van der Waals surface area contributed by atoms with Crippen LogP contribution in [0.15, 0.2) is 18.2 Å². The third kappa shape index (κ3) is 6.26. The maximum Gasteiger partial charge on any atom is 0.321 e. The number of imide groups is 1. The number of urea groups is 1. The van der Waals surface area contributed by atoms with E-state index in [0.717, 1.165) is 6.42 Å². The highest BCUT2D eigenvalue weighted by Crippen LogP contribution is 2.28. The van der Waals surface area contributed by atoms with Gasteiger partial charge < -0.3 is 14.8 Å². The SMILES string of the molecule is CCOc1cc(C#N)ccc1OCC(=O)NC(=O)N[C@H](C)CC. The first kappa shape index (κ1) is 18.3. The van der Waals surface area contributed by atoms with E-state index in [1.54, 1.807) is 19.1 Å². The molecule has 23 heavy (non-hydrogen) atoms. The summed E-state index contributed by atoms with van der Waals surface area (Å²) >= 11 is 0. The van der Waals surface area contributed by atoms with Gasteiger partial charge in [0.25, 0.3) is 5.91 Å². The van der Waals surface area contributed by atoms with Gasteiger partial charge in [-0.15, -0.1) is 0 Å². The lowest BCUT2D eigenvalue weighted by molar-refractivity contribution is -0.122. The number of benzene rings is 1. The quantitative estimate of drug-likeness (QED) is 0.800. The molecule has 7 heteroatoms. The summed E-state index contributed by atoms with van der Waals surface area (Å²) in [5.41, 5.74) is 0.429. The number of hydrogen-bond acceptors (Lipinski definition) is 5. The Morgan fingerprint density at radius 2 is 2.00 bits per heavy atom. The lowest BCUT2D eigenvalue weighted by Gasteiger charge is -2.13. The second kappa shape index (κ2) is 9.30. The van der Waals surface area contributed by atoms with Crippen molar-refractivity contribution in [3.05, 3.63) is 23.8 Å². The molecule has 2 N–H and O–H groups in total. The summed E-state index contributed by atoms with van der Waals surface area (Å²) in [4.78, 5) is 23.2. The number of rotatable bonds is 7. The van der Waals surface area contributed by atoms with Gasteiger partial charge in [-0.05, 0) is 32.4 Å². The molecule has 0 spiro atoms. The molecule has 124 valence electrons. The minimum absolute atomic E-state index is 0.0215. The molecule has 1 aromatic rings. The zero-order chi connectivity index (χ0) is 17.2. The lowest BCUT2D eigenvalue weighted by atomic mass is 10.2. The third-order valence-corrected chi connectivity index (χ3v) is 2.97. The Kier molecular flexibility index (Phi) is 7.40. The van der Waals surface area contributed by atoms with Crippen molar-refractivity contribution >= 4 is 11.9 Å². The molecule has 3 amide bonds. The number of carbonyl (C=O) groups excluding carboxylic acids is 2. The molecule has 0 saturated carbocycles. The van der Waals surface area contributed by atoms with Crippen molar-refractivity contribution in [2.75, 3.05) is 13.2 Å². The number of amides is 3. The molecule has 1 rings (SSSR count). The number of hydrogen-bond donors (Lipinski definition) is 2.